The Kier molecular flexibility index (Phi) is 3.37. The summed E-state index contributed by atoms with van der Waals surface area (Å²) in [5, 5.41) is 5.08. The van der Waals surface area contributed by atoms with Crippen LogP contribution in [-0.2, 0) is 17.6 Å². The van der Waals surface area contributed by atoms with Crippen LogP contribution in [0.4, 0.5) is 5.69 Å². The number of amides is 3. The molecule has 0 radical (unpaired) electrons. The molecule has 1 heterocycles. The smallest absolute Gasteiger partial charge is 0.262 e. The molecule has 0 unspecified atom stereocenters. The second-order valence-electron chi connectivity index (χ2n) is 6.90. The number of nitrogens with one attached hydrogen (secondary N) is 1. The Morgan fingerprint density at radius 1 is 0.852 bits per heavy atom. The number of carbonyl (C=O) groups is 3. The van der Waals surface area contributed by atoms with Crippen molar-refractivity contribution in [3.05, 3.63) is 76.9 Å². The number of imide groups is 1. The molecule has 1 aliphatic carbocycles. The first kappa shape index (κ1) is 15.8. The average molecular weight is 356 g/mol. The van der Waals surface area contributed by atoms with Crippen molar-refractivity contribution in [2.24, 2.45) is 0 Å². The van der Waals surface area contributed by atoms with Gasteiger partial charge in [0.15, 0.2) is 0 Å². The van der Waals surface area contributed by atoms with Crippen LogP contribution >= 0.6 is 0 Å². The summed E-state index contributed by atoms with van der Waals surface area (Å²) < 4.78 is 0. The zero-order chi connectivity index (χ0) is 18.5. The van der Waals surface area contributed by atoms with Crippen LogP contribution in [0.25, 0.3) is 10.8 Å². The van der Waals surface area contributed by atoms with Crippen LogP contribution < -0.4 is 5.32 Å². The van der Waals surface area contributed by atoms with Gasteiger partial charge in [0.1, 0.15) is 6.54 Å². The second kappa shape index (κ2) is 5.77. The molecular formula is C22H16N2O3. The van der Waals surface area contributed by atoms with Crippen LogP contribution in [0.2, 0.25) is 0 Å². The average Bonchev–Trinajstić information content (AvgIpc) is 3.21. The minimum Gasteiger partial charge on any atom is -0.324 e. The molecule has 132 valence electrons. The van der Waals surface area contributed by atoms with E-state index in [9.17, 15) is 14.4 Å². The lowest BCUT2D eigenvalue weighted by Crippen LogP contribution is -2.37. The van der Waals surface area contributed by atoms with E-state index < -0.39 is 11.8 Å². The standard InChI is InChI=1S/C22H16N2O3/c25-19(12-24-21(26)15-5-1-2-6-16(15)22(24)27)23-18-11-10-14-9-8-13-4-3-7-17(18)20(13)14/h1-7,10-11H,8-9,12H2,(H,23,25). The highest BCUT2D eigenvalue weighted by Gasteiger charge is 2.36. The molecule has 3 aromatic rings. The second-order valence-corrected chi connectivity index (χ2v) is 6.90. The minimum atomic E-state index is -0.425. The summed E-state index contributed by atoms with van der Waals surface area (Å²) in [7, 11) is 0. The van der Waals surface area contributed by atoms with Crippen molar-refractivity contribution >= 4 is 34.2 Å². The molecule has 0 bridgehead atoms. The number of benzene rings is 3. The van der Waals surface area contributed by atoms with Gasteiger partial charge in [-0.2, -0.15) is 0 Å². The van der Waals surface area contributed by atoms with E-state index in [-0.39, 0.29) is 12.5 Å². The first-order valence-electron chi connectivity index (χ1n) is 8.92. The van der Waals surface area contributed by atoms with E-state index in [4.69, 9.17) is 0 Å². The van der Waals surface area contributed by atoms with Gasteiger partial charge < -0.3 is 5.32 Å². The Labute approximate surface area is 155 Å². The maximum absolute atomic E-state index is 12.6. The summed E-state index contributed by atoms with van der Waals surface area (Å²) >= 11 is 0. The van der Waals surface area contributed by atoms with Gasteiger partial charge in [-0.15, -0.1) is 0 Å². The van der Waals surface area contributed by atoms with E-state index in [0.717, 1.165) is 23.1 Å². The number of fused-ring (bicyclic) bond motifs is 1. The summed E-state index contributed by atoms with van der Waals surface area (Å²) in [6.45, 7) is -0.296. The molecule has 1 aliphatic heterocycles. The molecule has 0 saturated heterocycles. The number of aryl methyl sites for hydroxylation is 2. The zero-order valence-corrected chi connectivity index (χ0v) is 14.5. The highest BCUT2D eigenvalue weighted by molar-refractivity contribution is 6.22. The van der Waals surface area contributed by atoms with Crippen LogP contribution in [0, 0.1) is 0 Å². The van der Waals surface area contributed by atoms with Gasteiger partial charge in [-0.1, -0.05) is 36.4 Å². The van der Waals surface area contributed by atoms with Crippen LogP contribution in [0.5, 0.6) is 0 Å². The van der Waals surface area contributed by atoms with Crippen molar-refractivity contribution in [3.63, 3.8) is 0 Å². The molecule has 2 aliphatic rings. The fourth-order valence-corrected chi connectivity index (χ4v) is 4.07. The molecular weight excluding hydrogens is 340 g/mol. The van der Waals surface area contributed by atoms with Gasteiger partial charge in [0, 0.05) is 11.1 Å². The molecule has 3 amide bonds. The van der Waals surface area contributed by atoms with Gasteiger partial charge in [0.2, 0.25) is 5.91 Å². The minimum absolute atomic E-state index is 0.296. The first-order valence-corrected chi connectivity index (χ1v) is 8.92. The number of hydrogen-bond donors (Lipinski definition) is 1. The Balaban J connectivity index is 1.41. The number of anilines is 1. The fourth-order valence-electron chi connectivity index (χ4n) is 4.07. The highest BCUT2D eigenvalue weighted by Crippen LogP contribution is 2.35. The summed E-state index contributed by atoms with van der Waals surface area (Å²) in [5.74, 6) is -1.24. The molecule has 0 spiro atoms. The van der Waals surface area contributed by atoms with Crippen LogP contribution in [0.15, 0.2) is 54.6 Å². The first-order chi connectivity index (χ1) is 13.1. The third-order valence-corrected chi connectivity index (χ3v) is 5.33. The molecule has 5 rings (SSSR count). The van der Waals surface area contributed by atoms with E-state index in [1.165, 1.54) is 16.5 Å². The molecule has 5 nitrogen and oxygen atoms in total. The molecule has 0 aromatic heterocycles. The molecule has 0 atom stereocenters. The zero-order valence-electron chi connectivity index (χ0n) is 14.5. The van der Waals surface area contributed by atoms with Crippen molar-refractivity contribution in [1.82, 2.24) is 4.90 Å². The van der Waals surface area contributed by atoms with Crippen molar-refractivity contribution < 1.29 is 14.4 Å². The normalized spacial score (nSPS) is 14.7. The number of nitrogens with zero attached hydrogens (tertiary/aromatic N) is 1. The molecule has 27 heavy (non-hydrogen) atoms. The molecule has 0 saturated carbocycles. The number of hydrogen-bond acceptors (Lipinski definition) is 3. The van der Waals surface area contributed by atoms with Gasteiger partial charge in [-0.05, 0) is 47.6 Å². The third kappa shape index (κ3) is 2.35. The Morgan fingerprint density at radius 3 is 2.22 bits per heavy atom. The SMILES string of the molecule is O=C(CN1C(=O)c2ccccc2C1=O)Nc1ccc2c3c(cccc13)CC2. The predicted molar refractivity (Wildman–Crippen MR) is 102 cm³/mol. The summed E-state index contributed by atoms with van der Waals surface area (Å²) in [5.41, 5.74) is 3.98. The lowest BCUT2D eigenvalue weighted by molar-refractivity contribution is -0.116. The highest BCUT2D eigenvalue weighted by atomic mass is 16.2. The molecule has 5 heteroatoms. The van der Waals surface area contributed by atoms with E-state index in [2.05, 4.69) is 11.4 Å². The van der Waals surface area contributed by atoms with Gasteiger partial charge in [-0.25, -0.2) is 0 Å². The quantitative estimate of drug-likeness (QED) is 0.733. The van der Waals surface area contributed by atoms with E-state index in [1.807, 2.05) is 24.3 Å². The van der Waals surface area contributed by atoms with Crippen LogP contribution in [0.1, 0.15) is 31.8 Å². The van der Waals surface area contributed by atoms with Crippen molar-refractivity contribution in [3.8, 4) is 0 Å². The summed E-state index contributed by atoms with van der Waals surface area (Å²) in [6, 6.07) is 16.7. The predicted octanol–water partition coefficient (Wildman–Crippen LogP) is 3.17. The van der Waals surface area contributed by atoms with E-state index in [1.54, 1.807) is 24.3 Å². The van der Waals surface area contributed by atoms with Crippen molar-refractivity contribution in [1.29, 1.82) is 0 Å². The third-order valence-electron chi connectivity index (χ3n) is 5.33. The lowest BCUT2D eigenvalue weighted by atomic mass is 10.0. The Morgan fingerprint density at radius 2 is 1.52 bits per heavy atom. The van der Waals surface area contributed by atoms with E-state index in [0.29, 0.717) is 16.8 Å². The van der Waals surface area contributed by atoms with Gasteiger partial charge >= 0.3 is 0 Å². The van der Waals surface area contributed by atoms with Crippen molar-refractivity contribution in [2.45, 2.75) is 12.8 Å². The van der Waals surface area contributed by atoms with Gasteiger partial charge in [0.25, 0.3) is 11.8 Å². The summed E-state index contributed by atoms with van der Waals surface area (Å²) in [6.07, 6.45) is 2.03. The fraction of sp³-hybridized carbons (Fsp3) is 0.136. The van der Waals surface area contributed by atoms with Gasteiger partial charge in [-0.3, -0.25) is 19.3 Å². The largest absolute Gasteiger partial charge is 0.324 e. The van der Waals surface area contributed by atoms with Crippen LogP contribution in [-0.4, -0.2) is 29.2 Å². The Hall–Kier alpha value is -3.47. The lowest BCUT2D eigenvalue weighted by Gasteiger charge is -2.15. The van der Waals surface area contributed by atoms with Crippen LogP contribution in [0.3, 0.4) is 0 Å². The summed E-state index contributed by atoms with van der Waals surface area (Å²) in [4.78, 5) is 38.4. The number of rotatable bonds is 3. The topological polar surface area (TPSA) is 66.5 Å². The van der Waals surface area contributed by atoms with Crippen molar-refractivity contribution in [2.75, 3.05) is 11.9 Å². The molecule has 3 aromatic carbocycles. The Bertz CT molecular complexity index is 1100. The maximum Gasteiger partial charge on any atom is 0.262 e. The molecule has 1 N–H and O–H groups in total. The number of carbonyl (C=O) groups excluding carboxylic acids is 3. The molecule has 0 fully saturated rings. The van der Waals surface area contributed by atoms with E-state index >= 15 is 0 Å². The van der Waals surface area contributed by atoms with Gasteiger partial charge in [0.05, 0.1) is 11.1 Å². The maximum atomic E-state index is 12.6. The monoisotopic (exact) mass is 356 g/mol.